The van der Waals surface area contributed by atoms with Crippen LogP contribution in [0.4, 0.5) is 0 Å². The summed E-state index contributed by atoms with van der Waals surface area (Å²) in [5.41, 5.74) is 0.909. The fourth-order valence-corrected chi connectivity index (χ4v) is 5.45. The molecule has 0 bridgehead atoms. The van der Waals surface area contributed by atoms with E-state index >= 15 is 0 Å². The number of piperidine rings is 1. The SMILES string of the molecule is O=c1n(C[NH+]2CCC[C@H](c3nc4ccccc4s3)C2)nnn1-c1cccs1. The highest BCUT2D eigenvalue weighted by atomic mass is 32.1. The first-order valence-corrected chi connectivity index (χ1v) is 10.7. The Bertz CT molecular complexity index is 1080. The minimum atomic E-state index is -0.174. The molecule has 0 aliphatic carbocycles. The molecule has 1 N–H and O–H groups in total. The van der Waals surface area contributed by atoms with Gasteiger partial charge >= 0.3 is 5.69 Å². The van der Waals surface area contributed by atoms with Gasteiger partial charge in [0.15, 0.2) is 6.67 Å². The van der Waals surface area contributed by atoms with Crippen LogP contribution in [-0.2, 0) is 6.67 Å². The molecular weight excluding hydrogens is 380 g/mol. The summed E-state index contributed by atoms with van der Waals surface area (Å²) in [6.45, 7) is 2.56. The number of likely N-dealkylation sites (tertiary alicyclic amines) is 1. The second-order valence-electron chi connectivity index (χ2n) is 6.85. The predicted molar refractivity (Wildman–Crippen MR) is 106 cm³/mol. The number of fused-ring (bicyclic) bond motifs is 1. The van der Waals surface area contributed by atoms with E-state index in [0.29, 0.717) is 12.6 Å². The largest absolute Gasteiger partial charge is 0.374 e. The smallest absolute Gasteiger partial charge is 0.316 e. The number of rotatable bonds is 4. The van der Waals surface area contributed by atoms with E-state index in [4.69, 9.17) is 4.98 Å². The van der Waals surface area contributed by atoms with E-state index in [9.17, 15) is 4.79 Å². The fourth-order valence-electron chi connectivity index (χ4n) is 3.68. The number of thiazole rings is 1. The van der Waals surface area contributed by atoms with Crippen LogP contribution in [0.3, 0.4) is 0 Å². The first-order valence-electron chi connectivity index (χ1n) is 9.03. The summed E-state index contributed by atoms with van der Waals surface area (Å²) < 4.78 is 4.10. The molecule has 4 heterocycles. The van der Waals surface area contributed by atoms with Crippen LogP contribution >= 0.6 is 22.7 Å². The quantitative estimate of drug-likeness (QED) is 0.565. The Morgan fingerprint density at radius 2 is 2.11 bits per heavy atom. The summed E-state index contributed by atoms with van der Waals surface area (Å²) in [5.74, 6) is 0.439. The van der Waals surface area contributed by atoms with Gasteiger partial charge in [-0.15, -0.1) is 32.0 Å². The molecular formula is C18H19N6OS2+. The maximum absolute atomic E-state index is 12.6. The standard InChI is InChI=1S/C18H18N6OS2/c25-18-23(20-21-24(18)16-8-4-10-26-16)12-22-9-3-5-13(11-22)17-19-14-6-1-2-7-15(14)27-17/h1-2,4,6-8,10,13H,3,5,9,11-12H2/p+1/t13-/m0/s1. The first kappa shape index (κ1) is 16.8. The summed E-state index contributed by atoms with van der Waals surface area (Å²) in [5, 5.41) is 12.1. The number of nitrogens with one attached hydrogen (secondary N) is 1. The predicted octanol–water partition coefficient (Wildman–Crippen LogP) is 1.52. The van der Waals surface area contributed by atoms with E-state index in [1.54, 1.807) is 11.3 Å². The molecule has 1 aromatic carbocycles. The molecule has 1 fully saturated rings. The molecule has 0 saturated carbocycles. The third-order valence-electron chi connectivity index (χ3n) is 5.01. The summed E-state index contributed by atoms with van der Waals surface area (Å²) in [7, 11) is 0. The molecule has 5 rings (SSSR count). The van der Waals surface area contributed by atoms with Gasteiger partial charge in [0.1, 0.15) is 10.0 Å². The van der Waals surface area contributed by atoms with Crippen molar-refractivity contribution in [2.45, 2.75) is 25.4 Å². The van der Waals surface area contributed by atoms with E-state index in [1.165, 1.54) is 35.3 Å². The van der Waals surface area contributed by atoms with Crippen molar-refractivity contribution in [2.75, 3.05) is 13.1 Å². The monoisotopic (exact) mass is 399 g/mol. The lowest BCUT2D eigenvalue weighted by atomic mass is 9.99. The Labute approximate surface area is 163 Å². The van der Waals surface area contributed by atoms with Gasteiger partial charge in [-0.25, -0.2) is 9.78 Å². The number of aromatic nitrogens is 5. The molecule has 1 saturated heterocycles. The summed E-state index contributed by atoms with van der Waals surface area (Å²) in [6, 6.07) is 12.1. The number of benzene rings is 1. The molecule has 27 heavy (non-hydrogen) atoms. The zero-order valence-electron chi connectivity index (χ0n) is 14.6. The highest BCUT2D eigenvalue weighted by Gasteiger charge is 2.28. The van der Waals surface area contributed by atoms with Gasteiger partial charge in [0.2, 0.25) is 0 Å². The van der Waals surface area contributed by atoms with Crippen molar-refractivity contribution < 1.29 is 4.90 Å². The minimum absolute atomic E-state index is 0.174. The van der Waals surface area contributed by atoms with Crippen molar-refractivity contribution in [1.82, 2.24) is 24.8 Å². The lowest BCUT2D eigenvalue weighted by molar-refractivity contribution is -0.929. The van der Waals surface area contributed by atoms with Crippen LogP contribution in [0.15, 0.2) is 46.6 Å². The van der Waals surface area contributed by atoms with Crippen molar-refractivity contribution >= 4 is 32.9 Å². The van der Waals surface area contributed by atoms with Crippen molar-refractivity contribution in [3.8, 4) is 5.00 Å². The lowest BCUT2D eigenvalue weighted by Crippen LogP contribution is -3.13. The van der Waals surface area contributed by atoms with Crippen LogP contribution in [0.2, 0.25) is 0 Å². The average Bonchev–Trinajstić information content (AvgIpc) is 3.42. The molecule has 2 atom stereocenters. The molecule has 9 heteroatoms. The van der Waals surface area contributed by atoms with Gasteiger partial charge in [-0.05, 0) is 52.9 Å². The van der Waals surface area contributed by atoms with Crippen molar-refractivity contribution in [3.05, 3.63) is 57.3 Å². The second-order valence-corrected chi connectivity index (χ2v) is 8.83. The molecule has 4 aromatic rings. The van der Waals surface area contributed by atoms with Crippen molar-refractivity contribution in [2.24, 2.45) is 0 Å². The maximum atomic E-state index is 12.6. The lowest BCUT2D eigenvalue weighted by Gasteiger charge is -2.28. The van der Waals surface area contributed by atoms with Crippen molar-refractivity contribution in [3.63, 3.8) is 0 Å². The van der Waals surface area contributed by atoms with Gasteiger partial charge in [-0.1, -0.05) is 12.1 Å². The minimum Gasteiger partial charge on any atom is -0.316 e. The van der Waals surface area contributed by atoms with E-state index < -0.39 is 0 Å². The van der Waals surface area contributed by atoms with Crippen LogP contribution in [0.1, 0.15) is 23.8 Å². The van der Waals surface area contributed by atoms with Gasteiger partial charge in [0.25, 0.3) is 0 Å². The van der Waals surface area contributed by atoms with Gasteiger partial charge in [-0.2, -0.15) is 0 Å². The van der Waals surface area contributed by atoms with E-state index in [2.05, 4.69) is 28.6 Å². The third-order valence-corrected chi connectivity index (χ3v) is 7.05. The van der Waals surface area contributed by atoms with Crippen LogP contribution in [0.5, 0.6) is 0 Å². The number of tetrazole rings is 1. The number of para-hydroxylation sites is 1. The third kappa shape index (κ3) is 3.22. The molecule has 0 radical (unpaired) electrons. The average molecular weight is 400 g/mol. The second kappa shape index (κ2) is 6.99. The van der Waals surface area contributed by atoms with Crippen LogP contribution in [0, 0.1) is 0 Å². The summed E-state index contributed by atoms with van der Waals surface area (Å²) in [4.78, 5) is 18.8. The van der Waals surface area contributed by atoms with Gasteiger partial charge in [-0.3, -0.25) is 0 Å². The normalized spacial score (nSPS) is 20.3. The molecule has 0 spiro atoms. The Morgan fingerprint density at radius 3 is 2.96 bits per heavy atom. The molecule has 3 aromatic heterocycles. The van der Waals surface area contributed by atoms with Gasteiger partial charge < -0.3 is 4.90 Å². The molecule has 138 valence electrons. The Kier molecular flexibility index (Phi) is 4.35. The number of hydrogen-bond donors (Lipinski definition) is 1. The Hall–Kier alpha value is -2.36. The molecule has 1 unspecified atom stereocenters. The zero-order valence-corrected chi connectivity index (χ0v) is 16.2. The number of hydrogen-bond acceptors (Lipinski definition) is 6. The molecule has 7 nitrogen and oxygen atoms in total. The molecule has 0 amide bonds. The maximum Gasteiger partial charge on any atom is 0.374 e. The highest BCUT2D eigenvalue weighted by Crippen LogP contribution is 2.30. The first-order chi connectivity index (χ1) is 13.3. The Balaban J connectivity index is 1.34. The van der Waals surface area contributed by atoms with E-state index in [-0.39, 0.29) is 5.69 Å². The van der Waals surface area contributed by atoms with Crippen LogP contribution < -0.4 is 10.6 Å². The summed E-state index contributed by atoms with van der Waals surface area (Å²) >= 11 is 3.28. The number of thiophene rings is 1. The summed E-state index contributed by atoms with van der Waals surface area (Å²) in [6.07, 6.45) is 2.28. The number of quaternary nitrogens is 1. The van der Waals surface area contributed by atoms with Crippen LogP contribution in [0.25, 0.3) is 15.2 Å². The number of nitrogens with zero attached hydrogens (tertiary/aromatic N) is 5. The Morgan fingerprint density at radius 1 is 1.19 bits per heavy atom. The van der Waals surface area contributed by atoms with E-state index in [0.717, 1.165) is 36.4 Å². The van der Waals surface area contributed by atoms with Gasteiger partial charge in [0.05, 0.1) is 29.2 Å². The highest BCUT2D eigenvalue weighted by molar-refractivity contribution is 7.18. The topological polar surface area (TPSA) is 70.0 Å². The van der Waals surface area contributed by atoms with Crippen LogP contribution in [-0.4, -0.2) is 37.9 Å². The molecule has 1 aliphatic heterocycles. The van der Waals surface area contributed by atoms with Crippen molar-refractivity contribution in [1.29, 1.82) is 0 Å². The zero-order chi connectivity index (χ0) is 18.2. The molecule has 1 aliphatic rings. The van der Waals surface area contributed by atoms with E-state index in [1.807, 2.05) is 23.6 Å². The van der Waals surface area contributed by atoms with Gasteiger partial charge in [0, 0.05) is 0 Å². The fraction of sp³-hybridized carbons (Fsp3) is 0.333.